The molecule has 2 aromatic rings. The Bertz CT molecular complexity index is 1040. The highest BCUT2D eigenvalue weighted by molar-refractivity contribution is 7.89. The smallest absolute Gasteiger partial charge is 0.243 e. The van der Waals surface area contributed by atoms with E-state index in [1.54, 1.807) is 42.5 Å². The van der Waals surface area contributed by atoms with E-state index < -0.39 is 15.9 Å². The van der Waals surface area contributed by atoms with Gasteiger partial charge in [-0.05, 0) is 53.8 Å². The van der Waals surface area contributed by atoms with Gasteiger partial charge in [0.15, 0.2) is 11.5 Å². The number of primary amides is 1. The molecule has 0 spiro atoms. The van der Waals surface area contributed by atoms with E-state index in [1.165, 1.54) is 10.4 Å². The zero-order valence-electron chi connectivity index (χ0n) is 15.1. The highest BCUT2D eigenvalue weighted by atomic mass is 32.2. The first-order valence-electron chi connectivity index (χ1n) is 8.97. The van der Waals surface area contributed by atoms with Gasteiger partial charge in [-0.3, -0.25) is 4.79 Å². The maximum absolute atomic E-state index is 12.7. The molecule has 1 amide bonds. The summed E-state index contributed by atoms with van der Waals surface area (Å²) in [5.74, 6) is 0.622. The monoisotopic (exact) mass is 400 g/mol. The van der Waals surface area contributed by atoms with Crippen molar-refractivity contribution < 1.29 is 22.7 Å². The van der Waals surface area contributed by atoms with Crippen LogP contribution in [-0.2, 0) is 14.8 Å². The number of benzene rings is 2. The van der Waals surface area contributed by atoms with Crippen LogP contribution < -0.4 is 15.2 Å². The van der Waals surface area contributed by atoms with Crippen molar-refractivity contribution >= 4 is 21.5 Å². The largest absolute Gasteiger partial charge is 0.454 e. The van der Waals surface area contributed by atoms with Crippen LogP contribution in [0.15, 0.2) is 53.4 Å². The molecule has 1 fully saturated rings. The van der Waals surface area contributed by atoms with Crippen molar-refractivity contribution in [1.82, 2.24) is 4.31 Å². The van der Waals surface area contributed by atoms with Gasteiger partial charge in [-0.1, -0.05) is 18.2 Å². The fourth-order valence-electron chi connectivity index (χ4n) is 3.42. The number of fused-ring (bicyclic) bond motifs is 1. The molecule has 2 N–H and O–H groups in total. The molecule has 7 nitrogen and oxygen atoms in total. The van der Waals surface area contributed by atoms with E-state index in [0.717, 1.165) is 18.4 Å². The van der Waals surface area contributed by atoms with E-state index in [0.29, 0.717) is 35.7 Å². The molecular formula is C20H20N2O5S. The lowest BCUT2D eigenvalue weighted by Gasteiger charge is -2.16. The van der Waals surface area contributed by atoms with Gasteiger partial charge < -0.3 is 15.2 Å². The molecule has 4 rings (SSSR count). The predicted molar refractivity (Wildman–Crippen MR) is 103 cm³/mol. The van der Waals surface area contributed by atoms with Crippen molar-refractivity contribution in [2.24, 2.45) is 5.73 Å². The Labute approximate surface area is 163 Å². The SMILES string of the molecule is NC(=O)C=C(c1ccc(S(=O)(=O)N2CCCC2)cc1)c1ccc2c(c1)OCO2. The molecule has 2 aliphatic rings. The number of carbonyl (C=O) groups is 1. The van der Waals surface area contributed by atoms with Crippen molar-refractivity contribution in [3.05, 3.63) is 59.7 Å². The van der Waals surface area contributed by atoms with Gasteiger partial charge in [-0.2, -0.15) is 4.31 Å². The predicted octanol–water partition coefficient (Wildman–Crippen LogP) is 2.12. The molecule has 2 aliphatic heterocycles. The quantitative estimate of drug-likeness (QED) is 0.775. The molecule has 1 saturated heterocycles. The van der Waals surface area contributed by atoms with Crippen LogP contribution in [0.5, 0.6) is 11.5 Å². The average Bonchev–Trinajstić information content (AvgIpc) is 3.37. The number of amides is 1. The first-order valence-corrected chi connectivity index (χ1v) is 10.4. The summed E-state index contributed by atoms with van der Waals surface area (Å²) in [4.78, 5) is 11.8. The van der Waals surface area contributed by atoms with Crippen LogP contribution in [-0.4, -0.2) is 38.5 Å². The summed E-state index contributed by atoms with van der Waals surface area (Å²) in [5.41, 5.74) is 7.37. The molecule has 8 heteroatoms. The average molecular weight is 400 g/mol. The Morgan fingerprint density at radius 2 is 1.61 bits per heavy atom. The molecule has 0 atom stereocenters. The molecule has 0 bridgehead atoms. The summed E-state index contributed by atoms with van der Waals surface area (Å²) >= 11 is 0. The van der Waals surface area contributed by atoms with Crippen LogP contribution in [0, 0.1) is 0 Å². The van der Waals surface area contributed by atoms with Crippen LogP contribution in [0.3, 0.4) is 0 Å². The second-order valence-corrected chi connectivity index (χ2v) is 8.60. The molecule has 0 unspecified atom stereocenters. The van der Waals surface area contributed by atoms with Gasteiger partial charge in [0.25, 0.3) is 0 Å². The number of nitrogens with two attached hydrogens (primary N) is 1. The molecule has 0 radical (unpaired) electrons. The summed E-state index contributed by atoms with van der Waals surface area (Å²) in [6.07, 6.45) is 3.08. The lowest BCUT2D eigenvalue weighted by atomic mass is 9.97. The van der Waals surface area contributed by atoms with E-state index in [-0.39, 0.29) is 11.7 Å². The standard InChI is InChI=1S/C20H20N2O5S/c21-20(23)12-17(15-5-8-18-19(11-15)27-13-26-18)14-3-6-16(7-4-14)28(24,25)22-9-1-2-10-22/h3-8,11-12H,1-2,9-10,13H2,(H2,21,23). The van der Waals surface area contributed by atoms with Crippen LogP contribution in [0.2, 0.25) is 0 Å². The fourth-order valence-corrected chi connectivity index (χ4v) is 4.94. The van der Waals surface area contributed by atoms with Crippen molar-refractivity contribution in [1.29, 1.82) is 0 Å². The van der Waals surface area contributed by atoms with E-state index in [2.05, 4.69) is 0 Å². The lowest BCUT2D eigenvalue weighted by Crippen LogP contribution is -2.27. The first kappa shape index (κ1) is 18.5. The van der Waals surface area contributed by atoms with Crippen molar-refractivity contribution in [3.8, 4) is 11.5 Å². The van der Waals surface area contributed by atoms with Gasteiger partial charge in [0.2, 0.25) is 22.7 Å². The topological polar surface area (TPSA) is 98.9 Å². The summed E-state index contributed by atoms with van der Waals surface area (Å²) in [7, 11) is -3.49. The van der Waals surface area contributed by atoms with Gasteiger partial charge in [0.05, 0.1) is 4.90 Å². The minimum Gasteiger partial charge on any atom is -0.454 e. The van der Waals surface area contributed by atoms with E-state index in [9.17, 15) is 13.2 Å². The van der Waals surface area contributed by atoms with E-state index in [4.69, 9.17) is 15.2 Å². The van der Waals surface area contributed by atoms with Crippen molar-refractivity contribution in [3.63, 3.8) is 0 Å². The number of ether oxygens (including phenoxy) is 2. The lowest BCUT2D eigenvalue weighted by molar-refractivity contribution is -0.113. The van der Waals surface area contributed by atoms with Crippen LogP contribution in [0.1, 0.15) is 24.0 Å². The molecule has 2 heterocycles. The minimum atomic E-state index is -3.49. The summed E-state index contributed by atoms with van der Waals surface area (Å²) in [6.45, 7) is 1.25. The summed E-state index contributed by atoms with van der Waals surface area (Å²) in [6, 6.07) is 11.8. The Hall–Kier alpha value is -2.84. The molecular weight excluding hydrogens is 380 g/mol. The summed E-state index contributed by atoms with van der Waals surface area (Å²) in [5, 5.41) is 0. The Balaban J connectivity index is 1.69. The van der Waals surface area contributed by atoms with Gasteiger partial charge in [-0.25, -0.2) is 8.42 Å². The maximum atomic E-state index is 12.7. The number of sulfonamides is 1. The molecule has 146 valence electrons. The van der Waals surface area contributed by atoms with Crippen LogP contribution in [0.4, 0.5) is 0 Å². The number of hydrogen-bond acceptors (Lipinski definition) is 5. The Kier molecular flexibility index (Phi) is 4.82. The minimum absolute atomic E-state index is 0.150. The van der Waals surface area contributed by atoms with Gasteiger partial charge in [0.1, 0.15) is 0 Å². The Morgan fingerprint density at radius 1 is 0.964 bits per heavy atom. The highest BCUT2D eigenvalue weighted by Crippen LogP contribution is 2.36. The van der Waals surface area contributed by atoms with Gasteiger partial charge >= 0.3 is 0 Å². The molecule has 0 aromatic heterocycles. The normalized spacial score (nSPS) is 17.1. The van der Waals surface area contributed by atoms with Crippen LogP contribution >= 0.6 is 0 Å². The number of nitrogens with zero attached hydrogens (tertiary/aromatic N) is 1. The molecule has 28 heavy (non-hydrogen) atoms. The first-order chi connectivity index (χ1) is 13.4. The summed E-state index contributed by atoms with van der Waals surface area (Å²) < 4.78 is 37.6. The molecule has 2 aromatic carbocycles. The molecule has 0 saturated carbocycles. The molecule has 0 aliphatic carbocycles. The van der Waals surface area contributed by atoms with Crippen molar-refractivity contribution in [2.75, 3.05) is 19.9 Å². The van der Waals surface area contributed by atoms with Crippen molar-refractivity contribution in [2.45, 2.75) is 17.7 Å². The Morgan fingerprint density at radius 3 is 2.29 bits per heavy atom. The van der Waals surface area contributed by atoms with Crippen LogP contribution in [0.25, 0.3) is 5.57 Å². The third-order valence-electron chi connectivity index (χ3n) is 4.84. The number of rotatable bonds is 5. The van der Waals surface area contributed by atoms with E-state index in [1.807, 2.05) is 0 Å². The van der Waals surface area contributed by atoms with Gasteiger partial charge in [0, 0.05) is 19.2 Å². The van der Waals surface area contributed by atoms with E-state index >= 15 is 0 Å². The number of carbonyl (C=O) groups excluding carboxylic acids is 1. The highest BCUT2D eigenvalue weighted by Gasteiger charge is 2.27. The second-order valence-electron chi connectivity index (χ2n) is 6.66. The fraction of sp³-hybridized carbons (Fsp3) is 0.250. The third kappa shape index (κ3) is 3.48. The number of hydrogen-bond donors (Lipinski definition) is 1. The third-order valence-corrected chi connectivity index (χ3v) is 6.75. The zero-order chi connectivity index (χ0) is 19.7. The second kappa shape index (κ2) is 7.29. The van der Waals surface area contributed by atoms with Gasteiger partial charge in [-0.15, -0.1) is 0 Å². The zero-order valence-corrected chi connectivity index (χ0v) is 15.9. The maximum Gasteiger partial charge on any atom is 0.243 e.